The number of piperidine rings is 1. The van der Waals surface area contributed by atoms with Gasteiger partial charge in [0, 0.05) is 25.3 Å². The van der Waals surface area contributed by atoms with E-state index >= 15 is 0 Å². The van der Waals surface area contributed by atoms with E-state index in [2.05, 4.69) is 18.7 Å². The Morgan fingerprint density at radius 3 is 2.39 bits per heavy atom. The number of anilines is 1. The van der Waals surface area contributed by atoms with E-state index in [1.807, 2.05) is 24.3 Å². The Morgan fingerprint density at radius 2 is 1.78 bits per heavy atom. The van der Waals surface area contributed by atoms with Crippen molar-refractivity contribution in [3.8, 4) is 5.75 Å². The van der Waals surface area contributed by atoms with Crippen molar-refractivity contribution in [1.82, 2.24) is 4.90 Å². The van der Waals surface area contributed by atoms with E-state index in [1.54, 1.807) is 0 Å². The lowest BCUT2D eigenvalue weighted by Gasteiger charge is -2.34. The number of rotatable bonds is 4. The molecule has 0 aliphatic carbocycles. The van der Waals surface area contributed by atoms with E-state index in [1.165, 1.54) is 19.5 Å². The Balaban J connectivity index is 1.73. The topological polar surface area (TPSA) is 38.5 Å². The predicted molar refractivity (Wildman–Crippen MR) is 75.7 cm³/mol. The van der Waals surface area contributed by atoms with Crippen molar-refractivity contribution in [2.75, 3.05) is 32.0 Å². The van der Waals surface area contributed by atoms with Crippen molar-refractivity contribution in [3.63, 3.8) is 0 Å². The fraction of sp³-hybridized carbons (Fsp3) is 0.600. The normalized spacial score (nSPS) is 25.0. The Bertz CT molecular complexity index is 353. The predicted octanol–water partition coefficient (Wildman–Crippen LogP) is 2.63. The van der Waals surface area contributed by atoms with E-state index in [4.69, 9.17) is 10.5 Å². The van der Waals surface area contributed by atoms with Crippen LogP contribution in [0.1, 0.15) is 20.3 Å². The molecule has 2 N–H and O–H groups in total. The number of nitrogens with zero attached hydrogens (tertiary/aromatic N) is 1. The molecule has 0 bridgehead atoms. The van der Waals surface area contributed by atoms with Crippen LogP contribution in [0.5, 0.6) is 5.75 Å². The van der Waals surface area contributed by atoms with Crippen LogP contribution in [0, 0.1) is 11.8 Å². The minimum Gasteiger partial charge on any atom is -0.492 e. The third-order valence-corrected chi connectivity index (χ3v) is 3.50. The van der Waals surface area contributed by atoms with Gasteiger partial charge in [-0.1, -0.05) is 13.8 Å². The molecule has 1 fully saturated rings. The maximum Gasteiger partial charge on any atom is 0.119 e. The van der Waals surface area contributed by atoms with Crippen molar-refractivity contribution in [2.24, 2.45) is 11.8 Å². The lowest BCUT2D eigenvalue weighted by Crippen LogP contribution is -2.40. The van der Waals surface area contributed by atoms with Gasteiger partial charge in [0.1, 0.15) is 12.4 Å². The smallest absolute Gasteiger partial charge is 0.119 e. The molecule has 1 aliphatic rings. The summed E-state index contributed by atoms with van der Waals surface area (Å²) < 4.78 is 5.74. The van der Waals surface area contributed by atoms with Crippen molar-refractivity contribution >= 4 is 5.69 Å². The Labute approximate surface area is 110 Å². The Kier molecular flexibility index (Phi) is 4.48. The average molecular weight is 248 g/mol. The second-order valence-electron chi connectivity index (χ2n) is 5.62. The van der Waals surface area contributed by atoms with E-state index in [-0.39, 0.29) is 0 Å². The molecule has 0 aromatic heterocycles. The molecule has 0 saturated carbocycles. The molecular weight excluding hydrogens is 224 g/mol. The number of nitrogen functional groups attached to an aromatic ring is 1. The van der Waals surface area contributed by atoms with Crippen LogP contribution < -0.4 is 10.5 Å². The minimum absolute atomic E-state index is 0.753. The largest absolute Gasteiger partial charge is 0.492 e. The van der Waals surface area contributed by atoms with E-state index in [0.29, 0.717) is 0 Å². The number of nitrogens with two attached hydrogens (primary N) is 1. The summed E-state index contributed by atoms with van der Waals surface area (Å²) in [6.07, 6.45) is 1.36. The van der Waals surface area contributed by atoms with E-state index in [0.717, 1.165) is 36.4 Å². The highest BCUT2D eigenvalue weighted by Crippen LogP contribution is 2.20. The molecule has 1 aliphatic heterocycles. The number of hydrogen-bond donors (Lipinski definition) is 1. The van der Waals surface area contributed by atoms with Crippen molar-refractivity contribution in [3.05, 3.63) is 24.3 Å². The Hall–Kier alpha value is -1.22. The Morgan fingerprint density at radius 1 is 1.17 bits per heavy atom. The quantitative estimate of drug-likeness (QED) is 0.832. The number of ether oxygens (including phenoxy) is 1. The molecule has 0 amide bonds. The molecule has 1 saturated heterocycles. The first kappa shape index (κ1) is 13.2. The zero-order valence-electron chi connectivity index (χ0n) is 11.4. The lowest BCUT2D eigenvalue weighted by atomic mass is 9.92. The van der Waals surface area contributed by atoms with Gasteiger partial charge in [0.15, 0.2) is 0 Å². The summed E-state index contributed by atoms with van der Waals surface area (Å²) in [7, 11) is 0. The summed E-state index contributed by atoms with van der Waals surface area (Å²) in [6, 6.07) is 7.61. The van der Waals surface area contributed by atoms with Crippen LogP contribution in [-0.4, -0.2) is 31.1 Å². The van der Waals surface area contributed by atoms with Crippen LogP contribution in [0.2, 0.25) is 0 Å². The van der Waals surface area contributed by atoms with E-state index < -0.39 is 0 Å². The number of benzene rings is 1. The maximum absolute atomic E-state index is 5.74. The fourth-order valence-electron chi connectivity index (χ4n) is 2.83. The molecule has 2 atom stereocenters. The summed E-state index contributed by atoms with van der Waals surface area (Å²) in [5.41, 5.74) is 6.42. The average Bonchev–Trinajstić information content (AvgIpc) is 2.30. The summed E-state index contributed by atoms with van der Waals surface area (Å²) in [5.74, 6) is 2.53. The van der Waals surface area contributed by atoms with Gasteiger partial charge in [0.05, 0.1) is 0 Å². The molecule has 0 unspecified atom stereocenters. The molecule has 2 rings (SSSR count). The summed E-state index contributed by atoms with van der Waals surface area (Å²) in [6.45, 7) is 8.85. The van der Waals surface area contributed by atoms with E-state index in [9.17, 15) is 0 Å². The van der Waals surface area contributed by atoms with Crippen molar-refractivity contribution < 1.29 is 4.74 Å². The molecule has 100 valence electrons. The standard InChI is InChI=1S/C15H24N2O/c1-12-9-13(2)11-17(10-12)7-8-18-15-5-3-14(16)4-6-15/h3-6,12-13H,7-11,16H2,1-2H3/t12-,13-/m1/s1. The second-order valence-corrected chi connectivity index (χ2v) is 5.62. The molecule has 3 heteroatoms. The van der Waals surface area contributed by atoms with Gasteiger partial charge >= 0.3 is 0 Å². The highest BCUT2D eigenvalue weighted by molar-refractivity contribution is 5.41. The van der Waals surface area contributed by atoms with Crippen LogP contribution in [0.15, 0.2) is 24.3 Å². The van der Waals surface area contributed by atoms with Crippen LogP contribution >= 0.6 is 0 Å². The molecule has 1 aromatic carbocycles. The maximum atomic E-state index is 5.74. The summed E-state index contributed by atoms with van der Waals surface area (Å²) in [5, 5.41) is 0. The van der Waals surface area contributed by atoms with Crippen molar-refractivity contribution in [2.45, 2.75) is 20.3 Å². The monoisotopic (exact) mass is 248 g/mol. The van der Waals surface area contributed by atoms with Gasteiger partial charge in [-0.05, 0) is 42.5 Å². The SMILES string of the molecule is C[C@@H]1C[C@@H](C)CN(CCOc2ccc(N)cc2)C1. The molecule has 0 spiro atoms. The van der Waals surface area contributed by atoms with Gasteiger partial charge < -0.3 is 10.5 Å². The molecule has 1 heterocycles. The number of likely N-dealkylation sites (tertiary alicyclic amines) is 1. The fourth-order valence-corrected chi connectivity index (χ4v) is 2.83. The molecule has 18 heavy (non-hydrogen) atoms. The molecule has 1 aromatic rings. The summed E-state index contributed by atoms with van der Waals surface area (Å²) in [4.78, 5) is 2.51. The van der Waals surface area contributed by atoms with Crippen LogP contribution in [0.25, 0.3) is 0 Å². The van der Waals surface area contributed by atoms with Crippen LogP contribution in [0.3, 0.4) is 0 Å². The van der Waals surface area contributed by atoms with Gasteiger partial charge in [-0.3, -0.25) is 4.90 Å². The van der Waals surface area contributed by atoms with Gasteiger partial charge in [-0.15, -0.1) is 0 Å². The molecule has 0 radical (unpaired) electrons. The number of hydrogen-bond acceptors (Lipinski definition) is 3. The zero-order chi connectivity index (χ0) is 13.0. The minimum atomic E-state index is 0.753. The van der Waals surface area contributed by atoms with Gasteiger partial charge in [-0.25, -0.2) is 0 Å². The van der Waals surface area contributed by atoms with Gasteiger partial charge in [0.2, 0.25) is 0 Å². The van der Waals surface area contributed by atoms with Crippen LogP contribution in [0.4, 0.5) is 5.69 Å². The van der Waals surface area contributed by atoms with Crippen LogP contribution in [-0.2, 0) is 0 Å². The highest BCUT2D eigenvalue weighted by atomic mass is 16.5. The first-order chi connectivity index (χ1) is 8.63. The highest BCUT2D eigenvalue weighted by Gasteiger charge is 2.21. The van der Waals surface area contributed by atoms with Gasteiger partial charge in [-0.2, -0.15) is 0 Å². The zero-order valence-corrected chi connectivity index (χ0v) is 11.4. The molecule has 3 nitrogen and oxygen atoms in total. The lowest BCUT2D eigenvalue weighted by molar-refractivity contribution is 0.120. The summed E-state index contributed by atoms with van der Waals surface area (Å²) >= 11 is 0. The third kappa shape index (κ3) is 3.91. The van der Waals surface area contributed by atoms with Crippen molar-refractivity contribution in [1.29, 1.82) is 0 Å². The first-order valence-corrected chi connectivity index (χ1v) is 6.84. The second kappa shape index (κ2) is 6.10. The van der Waals surface area contributed by atoms with Gasteiger partial charge in [0.25, 0.3) is 0 Å². The first-order valence-electron chi connectivity index (χ1n) is 6.84. The molecular formula is C15H24N2O. The third-order valence-electron chi connectivity index (χ3n) is 3.50.